The summed E-state index contributed by atoms with van der Waals surface area (Å²) in [6.45, 7) is 5.95. The quantitative estimate of drug-likeness (QED) is 0.500. The average Bonchev–Trinajstić information content (AvgIpc) is 2.70. The largest absolute Gasteiger partial charge is 0.465 e. The number of carbonyl (C=O) groups is 2. The van der Waals surface area contributed by atoms with E-state index in [1.807, 2.05) is 0 Å². The molecule has 0 spiro atoms. The van der Waals surface area contributed by atoms with Crippen LogP contribution in [0.5, 0.6) is 0 Å². The summed E-state index contributed by atoms with van der Waals surface area (Å²) in [7, 11) is 0. The fraction of sp³-hybridized carbons (Fsp3) is 0.462. The molecule has 2 aromatic carbocycles. The summed E-state index contributed by atoms with van der Waals surface area (Å²) in [6, 6.07) is 5.73. The van der Waals surface area contributed by atoms with Crippen LogP contribution in [-0.4, -0.2) is 64.0 Å². The molecule has 0 radical (unpaired) electrons. The van der Waals surface area contributed by atoms with Crippen molar-refractivity contribution in [2.75, 3.05) is 26.2 Å². The van der Waals surface area contributed by atoms with Crippen molar-refractivity contribution in [3.05, 3.63) is 70.8 Å². The highest BCUT2D eigenvalue weighted by Crippen LogP contribution is 2.35. The van der Waals surface area contributed by atoms with Gasteiger partial charge in [-0.25, -0.2) is 31.5 Å². The van der Waals surface area contributed by atoms with Crippen molar-refractivity contribution in [2.24, 2.45) is 11.8 Å². The van der Waals surface area contributed by atoms with Crippen LogP contribution in [0.3, 0.4) is 0 Å². The molecule has 38 heavy (non-hydrogen) atoms. The molecule has 2 N–H and O–H groups in total. The molecule has 0 bridgehead atoms. The molecular weight excluding hydrogens is 515 g/mol. The molecule has 0 aliphatic carbocycles. The van der Waals surface area contributed by atoms with E-state index >= 15 is 0 Å². The molecule has 2 unspecified atom stereocenters. The topological polar surface area (TPSA) is 90.3 Å². The molecule has 0 aromatic heterocycles. The zero-order valence-corrected chi connectivity index (χ0v) is 21.0. The Morgan fingerprint density at radius 3 is 1.79 bits per heavy atom. The van der Waals surface area contributed by atoms with Crippen LogP contribution >= 0.6 is 0 Å². The van der Waals surface area contributed by atoms with E-state index in [1.54, 1.807) is 20.8 Å². The Labute approximate surface area is 216 Å². The van der Waals surface area contributed by atoms with Crippen LogP contribution in [0, 0.1) is 35.1 Å². The summed E-state index contributed by atoms with van der Waals surface area (Å²) in [4.78, 5) is 24.7. The number of ether oxygens (including phenoxy) is 1. The molecule has 4 rings (SSSR count). The Bertz CT molecular complexity index is 1160. The molecule has 2 heterocycles. The number of carbonyl (C=O) groups excluding carboxylic acids is 1. The van der Waals surface area contributed by atoms with Crippen molar-refractivity contribution >= 4 is 12.2 Å². The lowest BCUT2D eigenvalue weighted by molar-refractivity contribution is -0.0321. The third-order valence-corrected chi connectivity index (χ3v) is 6.14. The fourth-order valence-corrected chi connectivity index (χ4v) is 4.02. The number of halogens is 5. The molecule has 208 valence electrons. The SMILES string of the molecule is CC(C)(C)OC(=O)N1CC(C(O)c2ccc(F)cc2F)C1.O=C(O)N1CC(C(F)c2ccc(F)cc2F)C1. The number of alkyl halides is 1. The zero-order valence-electron chi connectivity index (χ0n) is 21.0. The molecule has 12 heteroatoms. The van der Waals surface area contributed by atoms with Gasteiger partial charge in [-0.2, -0.15) is 0 Å². The lowest BCUT2D eigenvalue weighted by Crippen LogP contribution is -2.53. The lowest BCUT2D eigenvalue weighted by Gasteiger charge is -2.42. The van der Waals surface area contributed by atoms with Gasteiger partial charge >= 0.3 is 12.2 Å². The van der Waals surface area contributed by atoms with Crippen molar-refractivity contribution in [1.82, 2.24) is 9.80 Å². The van der Waals surface area contributed by atoms with Gasteiger partial charge in [-0.3, -0.25) is 0 Å². The van der Waals surface area contributed by atoms with E-state index in [0.29, 0.717) is 6.07 Å². The third-order valence-electron chi connectivity index (χ3n) is 6.14. The molecule has 2 amide bonds. The van der Waals surface area contributed by atoms with Crippen molar-refractivity contribution in [1.29, 1.82) is 0 Å². The first kappa shape index (κ1) is 29.2. The normalized spacial score (nSPS) is 17.5. The Morgan fingerprint density at radius 2 is 1.34 bits per heavy atom. The maximum Gasteiger partial charge on any atom is 0.410 e. The van der Waals surface area contributed by atoms with Crippen LogP contribution in [0.25, 0.3) is 0 Å². The van der Waals surface area contributed by atoms with Crippen molar-refractivity contribution in [2.45, 2.75) is 38.6 Å². The second kappa shape index (κ2) is 11.5. The number of carboxylic acid groups (broad SMARTS) is 1. The highest BCUT2D eigenvalue weighted by Gasteiger charge is 2.39. The number of amides is 2. The summed E-state index contributed by atoms with van der Waals surface area (Å²) in [5.41, 5.74) is -0.754. The van der Waals surface area contributed by atoms with Crippen molar-refractivity contribution < 1.29 is 46.5 Å². The first-order valence-electron chi connectivity index (χ1n) is 11.8. The van der Waals surface area contributed by atoms with E-state index in [-0.39, 0.29) is 43.2 Å². The second-order valence-corrected chi connectivity index (χ2v) is 10.3. The van der Waals surface area contributed by atoms with Crippen LogP contribution < -0.4 is 0 Å². The van der Waals surface area contributed by atoms with E-state index in [9.17, 15) is 36.6 Å². The average molecular weight is 545 g/mol. The van der Waals surface area contributed by atoms with E-state index in [4.69, 9.17) is 9.84 Å². The maximum atomic E-state index is 13.8. The maximum absolute atomic E-state index is 13.8. The first-order valence-corrected chi connectivity index (χ1v) is 11.8. The van der Waals surface area contributed by atoms with Crippen LogP contribution in [0.1, 0.15) is 44.2 Å². The van der Waals surface area contributed by atoms with Crippen LogP contribution in [-0.2, 0) is 4.74 Å². The van der Waals surface area contributed by atoms with Gasteiger partial charge in [0.25, 0.3) is 0 Å². The number of benzene rings is 2. The summed E-state index contributed by atoms with van der Waals surface area (Å²) >= 11 is 0. The molecule has 2 aliphatic heterocycles. The Hall–Kier alpha value is -3.41. The van der Waals surface area contributed by atoms with Crippen LogP contribution in [0.15, 0.2) is 36.4 Å². The number of hydrogen-bond donors (Lipinski definition) is 2. The number of aliphatic hydroxyl groups is 1. The van der Waals surface area contributed by atoms with Crippen molar-refractivity contribution in [3.63, 3.8) is 0 Å². The Morgan fingerprint density at radius 1 is 0.868 bits per heavy atom. The molecule has 2 aromatic rings. The summed E-state index contributed by atoms with van der Waals surface area (Å²) in [5, 5.41) is 18.7. The van der Waals surface area contributed by atoms with Crippen LogP contribution in [0.4, 0.5) is 31.5 Å². The number of hydrogen-bond acceptors (Lipinski definition) is 4. The first-order chi connectivity index (χ1) is 17.7. The summed E-state index contributed by atoms with van der Waals surface area (Å²) in [5.74, 6) is -4.01. The molecule has 2 fully saturated rings. The minimum atomic E-state index is -1.61. The minimum Gasteiger partial charge on any atom is -0.465 e. The van der Waals surface area contributed by atoms with E-state index in [1.165, 1.54) is 11.0 Å². The predicted octanol–water partition coefficient (Wildman–Crippen LogP) is 5.45. The number of aliphatic hydroxyl groups excluding tert-OH is 1. The van der Waals surface area contributed by atoms with Gasteiger partial charge in [0.1, 0.15) is 35.0 Å². The van der Waals surface area contributed by atoms with Gasteiger partial charge in [-0.1, -0.05) is 12.1 Å². The van der Waals surface area contributed by atoms with E-state index in [2.05, 4.69) is 0 Å². The minimum absolute atomic E-state index is 0.0350. The van der Waals surface area contributed by atoms with Gasteiger partial charge in [0.15, 0.2) is 0 Å². The van der Waals surface area contributed by atoms with Gasteiger partial charge < -0.3 is 24.7 Å². The second-order valence-electron chi connectivity index (χ2n) is 10.3. The molecule has 2 saturated heterocycles. The summed E-state index contributed by atoms with van der Waals surface area (Å²) < 4.78 is 71.4. The lowest BCUT2D eigenvalue weighted by atomic mass is 9.89. The fourth-order valence-electron chi connectivity index (χ4n) is 4.02. The molecular formula is C26H29F5N2O5. The standard InChI is InChI=1S/C15H19F2NO3.C11H10F3NO2/c1-15(2,3)21-14(20)18-7-9(8-18)13(19)11-5-4-10(16)6-12(11)17;12-7-1-2-8(9(13)3-7)10(14)6-4-15(5-6)11(16)17/h4-6,9,13,19H,7-8H2,1-3H3;1-3,6,10H,4-5H2,(H,16,17). The Balaban J connectivity index is 0.000000215. The van der Waals surface area contributed by atoms with E-state index in [0.717, 1.165) is 29.2 Å². The highest BCUT2D eigenvalue weighted by molar-refractivity contribution is 5.69. The number of likely N-dealkylation sites (tertiary alicyclic amines) is 2. The van der Waals surface area contributed by atoms with Gasteiger partial charge in [-0.15, -0.1) is 0 Å². The zero-order chi connectivity index (χ0) is 28.4. The third kappa shape index (κ3) is 7.12. The smallest absolute Gasteiger partial charge is 0.410 e. The Kier molecular flexibility index (Phi) is 8.86. The number of rotatable bonds is 4. The van der Waals surface area contributed by atoms with E-state index < -0.39 is 59.2 Å². The van der Waals surface area contributed by atoms with Gasteiger partial charge in [0.05, 0.1) is 6.10 Å². The summed E-state index contributed by atoms with van der Waals surface area (Å²) in [6.07, 6.45) is -4.24. The molecule has 7 nitrogen and oxygen atoms in total. The molecule has 2 atom stereocenters. The van der Waals surface area contributed by atoms with Crippen molar-refractivity contribution in [3.8, 4) is 0 Å². The predicted molar refractivity (Wildman–Crippen MR) is 126 cm³/mol. The molecule has 0 saturated carbocycles. The monoisotopic (exact) mass is 544 g/mol. The highest BCUT2D eigenvalue weighted by atomic mass is 19.2. The van der Waals surface area contributed by atoms with Gasteiger partial charge in [0.2, 0.25) is 0 Å². The van der Waals surface area contributed by atoms with Gasteiger partial charge in [-0.05, 0) is 32.9 Å². The number of nitrogens with zero attached hydrogens (tertiary/aromatic N) is 2. The van der Waals surface area contributed by atoms with Gasteiger partial charge in [0, 0.05) is 61.3 Å². The molecule has 2 aliphatic rings. The van der Waals surface area contributed by atoms with Crippen LogP contribution in [0.2, 0.25) is 0 Å².